The van der Waals surface area contributed by atoms with Crippen LogP contribution >= 0.6 is 0 Å². The summed E-state index contributed by atoms with van der Waals surface area (Å²) < 4.78 is 5.03. The van der Waals surface area contributed by atoms with Crippen molar-refractivity contribution in [1.29, 1.82) is 0 Å². The first-order chi connectivity index (χ1) is 6.42. The standard InChI is InChI=1S/C9H8BNO2/c12-10-13-9-5-6-11-8-4-2-1-3-7(8)9/h1-6,10,12H. The van der Waals surface area contributed by atoms with Crippen LogP contribution in [0.1, 0.15) is 0 Å². The molecule has 0 aliphatic rings. The fourth-order valence-electron chi connectivity index (χ4n) is 1.27. The van der Waals surface area contributed by atoms with Gasteiger partial charge in [0.1, 0.15) is 5.75 Å². The van der Waals surface area contributed by atoms with Crippen LogP contribution < -0.4 is 4.65 Å². The molecular formula is C9H8BNO2. The molecule has 0 saturated carbocycles. The Morgan fingerprint density at radius 3 is 2.92 bits per heavy atom. The molecule has 1 heterocycles. The fraction of sp³-hybridized carbons (Fsp3) is 0. The van der Waals surface area contributed by atoms with E-state index in [4.69, 9.17) is 9.68 Å². The molecule has 13 heavy (non-hydrogen) atoms. The van der Waals surface area contributed by atoms with Gasteiger partial charge in [0, 0.05) is 11.6 Å². The summed E-state index contributed by atoms with van der Waals surface area (Å²) in [5, 5.41) is 9.55. The maximum absolute atomic E-state index is 8.64. The molecular weight excluding hydrogens is 165 g/mol. The smallest absolute Gasteiger partial charge is 0.504 e. The van der Waals surface area contributed by atoms with E-state index in [9.17, 15) is 0 Å². The van der Waals surface area contributed by atoms with E-state index < -0.39 is 0 Å². The highest BCUT2D eigenvalue weighted by atomic mass is 16.5. The second-order valence-corrected chi connectivity index (χ2v) is 2.60. The molecule has 1 aromatic heterocycles. The van der Waals surface area contributed by atoms with Crippen molar-refractivity contribution < 1.29 is 9.68 Å². The highest BCUT2D eigenvalue weighted by Gasteiger charge is 2.00. The molecule has 0 spiro atoms. The van der Waals surface area contributed by atoms with Crippen LogP contribution in [0.2, 0.25) is 0 Å². The van der Waals surface area contributed by atoms with Crippen LogP contribution in [0.15, 0.2) is 36.5 Å². The highest BCUT2D eigenvalue weighted by molar-refractivity contribution is 6.18. The molecule has 0 aliphatic heterocycles. The van der Waals surface area contributed by atoms with E-state index in [2.05, 4.69) is 4.98 Å². The predicted molar refractivity (Wildman–Crippen MR) is 51.7 cm³/mol. The van der Waals surface area contributed by atoms with Gasteiger partial charge in [-0.3, -0.25) is 4.98 Å². The zero-order chi connectivity index (χ0) is 9.10. The van der Waals surface area contributed by atoms with Crippen LogP contribution in [0.25, 0.3) is 10.9 Å². The van der Waals surface area contributed by atoms with E-state index in [1.54, 1.807) is 12.3 Å². The molecule has 64 valence electrons. The van der Waals surface area contributed by atoms with E-state index in [-0.39, 0.29) is 7.69 Å². The topological polar surface area (TPSA) is 42.4 Å². The lowest BCUT2D eigenvalue weighted by Crippen LogP contribution is -2.00. The summed E-state index contributed by atoms with van der Waals surface area (Å²) >= 11 is 0. The van der Waals surface area contributed by atoms with Gasteiger partial charge in [-0.1, -0.05) is 12.1 Å². The first-order valence-corrected chi connectivity index (χ1v) is 3.99. The van der Waals surface area contributed by atoms with Crippen molar-refractivity contribution in [3.8, 4) is 5.75 Å². The molecule has 0 aliphatic carbocycles. The number of hydrogen-bond acceptors (Lipinski definition) is 3. The van der Waals surface area contributed by atoms with Crippen LogP contribution in [-0.2, 0) is 0 Å². The third-order valence-corrected chi connectivity index (χ3v) is 1.83. The lowest BCUT2D eigenvalue weighted by atomic mass is 10.2. The van der Waals surface area contributed by atoms with Crippen LogP contribution in [0.4, 0.5) is 0 Å². The molecule has 0 amide bonds. The summed E-state index contributed by atoms with van der Waals surface area (Å²) in [6.07, 6.45) is 1.66. The molecule has 2 aromatic rings. The van der Waals surface area contributed by atoms with Gasteiger partial charge in [-0.05, 0) is 18.2 Å². The molecule has 3 nitrogen and oxygen atoms in total. The van der Waals surface area contributed by atoms with Crippen LogP contribution in [0.3, 0.4) is 0 Å². The molecule has 0 bridgehead atoms. The third kappa shape index (κ3) is 1.48. The number of nitrogens with zero attached hydrogens (tertiary/aromatic N) is 1. The van der Waals surface area contributed by atoms with Crippen LogP contribution in [-0.4, -0.2) is 17.7 Å². The second-order valence-electron chi connectivity index (χ2n) is 2.60. The first kappa shape index (κ1) is 8.07. The highest BCUT2D eigenvalue weighted by Crippen LogP contribution is 2.22. The number of hydrogen-bond donors (Lipinski definition) is 1. The van der Waals surface area contributed by atoms with Gasteiger partial charge in [0.05, 0.1) is 5.52 Å². The third-order valence-electron chi connectivity index (χ3n) is 1.83. The molecule has 1 N–H and O–H groups in total. The zero-order valence-corrected chi connectivity index (χ0v) is 6.97. The number of pyridine rings is 1. The molecule has 0 atom stereocenters. The minimum absolute atomic E-state index is 0.312. The molecule has 0 saturated heterocycles. The van der Waals surface area contributed by atoms with Crippen LogP contribution in [0, 0.1) is 0 Å². The van der Waals surface area contributed by atoms with Gasteiger partial charge in [-0.2, -0.15) is 0 Å². The van der Waals surface area contributed by atoms with E-state index in [1.165, 1.54) is 0 Å². The Morgan fingerprint density at radius 1 is 1.23 bits per heavy atom. The second kappa shape index (κ2) is 3.45. The van der Waals surface area contributed by atoms with Crippen molar-refractivity contribution in [1.82, 2.24) is 4.98 Å². The van der Waals surface area contributed by atoms with Crippen LogP contribution in [0.5, 0.6) is 5.75 Å². The molecule has 0 fully saturated rings. The zero-order valence-electron chi connectivity index (χ0n) is 6.97. The molecule has 2 rings (SSSR count). The Morgan fingerprint density at radius 2 is 2.08 bits per heavy atom. The minimum Gasteiger partial charge on any atom is -0.538 e. The van der Waals surface area contributed by atoms with Gasteiger partial charge in [0.25, 0.3) is 0 Å². The lowest BCUT2D eigenvalue weighted by Gasteiger charge is -2.04. The van der Waals surface area contributed by atoms with Crippen molar-refractivity contribution in [2.45, 2.75) is 0 Å². The SMILES string of the molecule is OBOc1ccnc2ccccc12. The van der Waals surface area contributed by atoms with Crippen molar-refractivity contribution in [2.75, 3.05) is 0 Å². The average molecular weight is 173 g/mol. The maximum atomic E-state index is 8.64. The fourth-order valence-corrected chi connectivity index (χ4v) is 1.27. The Kier molecular flexibility index (Phi) is 2.14. The number of fused-ring (bicyclic) bond motifs is 1. The Bertz CT molecular complexity index is 414. The van der Waals surface area contributed by atoms with E-state index in [0.717, 1.165) is 10.9 Å². The van der Waals surface area contributed by atoms with Gasteiger partial charge in [0.15, 0.2) is 0 Å². The summed E-state index contributed by atoms with van der Waals surface area (Å²) in [6.45, 7) is 0. The van der Waals surface area contributed by atoms with Gasteiger partial charge in [-0.25, -0.2) is 0 Å². The largest absolute Gasteiger partial charge is 0.538 e. The van der Waals surface area contributed by atoms with Crippen molar-refractivity contribution in [3.05, 3.63) is 36.5 Å². The summed E-state index contributed by atoms with van der Waals surface area (Å²) in [5.41, 5.74) is 0.869. The van der Waals surface area contributed by atoms with Crippen molar-refractivity contribution >= 4 is 18.6 Å². The Hall–Kier alpha value is -1.55. The molecule has 1 aromatic carbocycles. The number of benzene rings is 1. The number of rotatable bonds is 2. The van der Waals surface area contributed by atoms with Gasteiger partial charge in [0.2, 0.25) is 0 Å². The van der Waals surface area contributed by atoms with E-state index in [1.807, 2.05) is 24.3 Å². The van der Waals surface area contributed by atoms with E-state index in [0.29, 0.717) is 5.75 Å². The average Bonchev–Trinajstić information content (AvgIpc) is 2.19. The first-order valence-electron chi connectivity index (χ1n) is 3.99. The molecule has 4 heteroatoms. The number of aromatic nitrogens is 1. The van der Waals surface area contributed by atoms with Gasteiger partial charge >= 0.3 is 7.69 Å². The Balaban J connectivity index is 2.61. The minimum atomic E-state index is -0.312. The monoisotopic (exact) mass is 173 g/mol. The van der Waals surface area contributed by atoms with Gasteiger partial charge < -0.3 is 9.68 Å². The Labute approximate surface area is 76.3 Å². The van der Waals surface area contributed by atoms with Crippen molar-refractivity contribution in [3.63, 3.8) is 0 Å². The molecule has 0 radical (unpaired) electrons. The summed E-state index contributed by atoms with van der Waals surface area (Å²) in [7, 11) is -0.312. The number of para-hydroxylation sites is 1. The lowest BCUT2D eigenvalue weighted by molar-refractivity contribution is 0.456. The van der Waals surface area contributed by atoms with Gasteiger partial charge in [-0.15, -0.1) is 0 Å². The summed E-state index contributed by atoms with van der Waals surface area (Å²) in [5.74, 6) is 0.660. The molecule has 0 unspecified atom stereocenters. The summed E-state index contributed by atoms with van der Waals surface area (Å²) in [6, 6.07) is 9.37. The van der Waals surface area contributed by atoms with E-state index >= 15 is 0 Å². The normalized spacial score (nSPS) is 9.92. The maximum Gasteiger partial charge on any atom is 0.504 e. The van der Waals surface area contributed by atoms with Crippen molar-refractivity contribution in [2.24, 2.45) is 0 Å². The quantitative estimate of drug-likeness (QED) is 0.685. The predicted octanol–water partition coefficient (Wildman–Crippen LogP) is 0.872. The summed E-state index contributed by atoms with van der Waals surface area (Å²) in [4.78, 5) is 4.16.